The molecule has 1 atom stereocenters. The van der Waals surface area contributed by atoms with E-state index >= 15 is 0 Å². The zero-order valence-electron chi connectivity index (χ0n) is 18.0. The molecule has 0 aromatic heterocycles. The van der Waals surface area contributed by atoms with Crippen molar-refractivity contribution >= 4 is 31.7 Å². The van der Waals surface area contributed by atoms with Crippen LogP contribution in [0.2, 0.25) is 0 Å². The van der Waals surface area contributed by atoms with Gasteiger partial charge in [0.2, 0.25) is 20.0 Å². The summed E-state index contributed by atoms with van der Waals surface area (Å²) >= 11 is 0. The third kappa shape index (κ3) is 5.01. The summed E-state index contributed by atoms with van der Waals surface area (Å²) in [6.07, 6.45) is 3.56. The Morgan fingerprint density at radius 1 is 0.818 bits per heavy atom. The summed E-state index contributed by atoms with van der Waals surface area (Å²) in [6, 6.07) is 14.4. The minimum atomic E-state index is -4.02. The molecular formula is C22H26N4O5S2. The summed E-state index contributed by atoms with van der Waals surface area (Å²) in [5.41, 5.74) is 3.33. The van der Waals surface area contributed by atoms with Gasteiger partial charge >= 0.3 is 0 Å². The van der Waals surface area contributed by atoms with Crippen molar-refractivity contribution in [1.82, 2.24) is 14.0 Å². The zero-order chi connectivity index (χ0) is 23.5. The maximum atomic E-state index is 13.3. The molecule has 33 heavy (non-hydrogen) atoms. The number of benzene rings is 2. The second-order valence-corrected chi connectivity index (χ2v) is 11.8. The Labute approximate surface area is 194 Å². The molecule has 2 aromatic rings. The SMILES string of the molecule is O=C(NN=C1CCCC1)[C@@H]1CN(S(=O)(=O)c2ccccc2)CCN1S(=O)(=O)c1ccccc1. The number of piperazine rings is 1. The summed E-state index contributed by atoms with van der Waals surface area (Å²) in [7, 11) is -7.92. The van der Waals surface area contributed by atoms with Crippen LogP contribution in [-0.2, 0) is 24.8 Å². The van der Waals surface area contributed by atoms with Crippen molar-refractivity contribution in [3.8, 4) is 0 Å². The molecule has 1 aliphatic heterocycles. The monoisotopic (exact) mass is 490 g/mol. The van der Waals surface area contributed by atoms with Crippen molar-refractivity contribution in [3.05, 3.63) is 60.7 Å². The van der Waals surface area contributed by atoms with Gasteiger partial charge in [-0.25, -0.2) is 22.3 Å². The number of rotatable bonds is 6. The van der Waals surface area contributed by atoms with Gasteiger partial charge in [0.25, 0.3) is 5.91 Å². The molecule has 2 fully saturated rings. The third-order valence-corrected chi connectivity index (χ3v) is 9.63. The van der Waals surface area contributed by atoms with E-state index in [1.807, 2.05) is 0 Å². The van der Waals surface area contributed by atoms with E-state index in [0.717, 1.165) is 40.0 Å². The van der Waals surface area contributed by atoms with Crippen molar-refractivity contribution < 1.29 is 21.6 Å². The second-order valence-electron chi connectivity index (χ2n) is 7.98. The molecular weight excluding hydrogens is 464 g/mol. The molecule has 2 aliphatic rings. The first-order chi connectivity index (χ1) is 15.8. The van der Waals surface area contributed by atoms with E-state index in [9.17, 15) is 21.6 Å². The van der Waals surface area contributed by atoms with Gasteiger partial charge in [-0.15, -0.1) is 0 Å². The van der Waals surface area contributed by atoms with Crippen molar-refractivity contribution in [2.24, 2.45) is 5.10 Å². The van der Waals surface area contributed by atoms with Crippen LogP contribution in [-0.4, -0.2) is 62.7 Å². The van der Waals surface area contributed by atoms with Crippen LogP contribution in [0.1, 0.15) is 25.7 Å². The van der Waals surface area contributed by atoms with E-state index in [4.69, 9.17) is 0 Å². The van der Waals surface area contributed by atoms with Crippen LogP contribution in [0, 0.1) is 0 Å². The molecule has 0 spiro atoms. The Bertz CT molecular complexity index is 1220. The summed E-state index contributed by atoms with van der Waals surface area (Å²) in [6.45, 7) is -0.528. The number of nitrogens with zero attached hydrogens (tertiary/aromatic N) is 3. The van der Waals surface area contributed by atoms with E-state index in [1.54, 1.807) is 36.4 Å². The molecule has 11 heteroatoms. The van der Waals surface area contributed by atoms with Gasteiger partial charge in [-0.3, -0.25) is 4.79 Å². The second kappa shape index (κ2) is 9.72. The molecule has 176 valence electrons. The van der Waals surface area contributed by atoms with Gasteiger partial charge in [0.05, 0.1) is 9.79 Å². The van der Waals surface area contributed by atoms with Crippen molar-refractivity contribution in [3.63, 3.8) is 0 Å². The first-order valence-corrected chi connectivity index (χ1v) is 13.7. The molecule has 1 saturated carbocycles. The highest BCUT2D eigenvalue weighted by Gasteiger charge is 2.43. The van der Waals surface area contributed by atoms with Gasteiger partial charge < -0.3 is 0 Å². The van der Waals surface area contributed by atoms with E-state index in [2.05, 4.69) is 10.5 Å². The molecule has 1 heterocycles. The molecule has 0 unspecified atom stereocenters. The van der Waals surface area contributed by atoms with Crippen LogP contribution in [0.15, 0.2) is 75.6 Å². The number of nitrogens with one attached hydrogen (secondary N) is 1. The van der Waals surface area contributed by atoms with Gasteiger partial charge in [-0.2, -0.15) is 13.7 Å². The zero-order valence-corrected chi connectivity index (χ0v) is 19.6. The number of hydrogen-bond donors (Lipinski definition) is 1. The highest BCUT2D eigenvalue weighted by atomic mass is 32.2. The van der Waals surface area contributed by atoms with Gasteiger partial charge in [0.1, 0.15) is 6.04 Å². The topological polar surface area (TPSA) is 116 Å². The van der Waals surface area contributed by atoms with E-state index < -0.39 is 32.0 Å². The minimum Gasteiger partial charge on any atom is -0.271 e. The van der Waals surface area contributed by atoms with Crippen LogP contribution in [0.3, 0.4) is 0 Å². The summed E-state index contributed by atoms with van der Waals surface area (Å²) in [5.74, 6) is -0.651. The third-order valence-electron chi connectivity index (χ3n) is 5.83. The molecule has 4 rings (SSSR count). The Morgan fingerprint density at radius 3 is 1.94 bits per heavy atom. The lowest BCUT2D eigenvalue weighted by Crippen LogP contribution is -2.60. The van der Waals surface area contributed by atoms with Gasteiger partial charge in [-0.05, 0) is 49.9 Å². The number of hydrazone groups is 1. The van der Waals surface area contributed by atoms with E-state index in [1.165, 1.54) is 24.3 Å². The normalized spacial score (nSPS) is 20.5. The molecule has 9 nitrogen and oxygen atoms in total. The highest BCUT2D eigenvalue weighted by Crippen LogP contribution is 2.25. The summed E-state index contributed by atoms with van der Waals surface area (Å²) in [5, 5.41) is 4.16. The number of sulfonamides is 2. The van der Waals surface area contributed by atoms with Gasteiger partial charge in [0, 0.05) is 25.3 Å². The fraction of sp³-hybridized carbons (Fsp3) is 0.364. The molecule has 0 bridgehead atoms. The maximum Gasteiger partial charge on any atom is 0.259 e. The van der Waals surface area contributed by atoms with Crippen LogP contribution in [0.5, 0.6) is 0 Å². The number of hydrogen-bond acceptors (Lipinski definition) is 6. The smallest absolute Gasteiger partial charge is 0.259 e. The lowest BCUT2D eigenvalue weighted by Gasteiger charge is -2.38. The van der Waals surface area contributed by atoms with Crippen LogP contribution in [0.25, 0.3) is 0 Å². The van der Waals surface area contributed by atoms with E-state index in [-0.39, 0.29) is 29.4 Å². The number of amides is 1. The number of carbonyl (C=O) groups excluding carboxylic acids is 1. The summed E-state index contributed by atoms with van der Waals surface area (Å²) < 4.78 is 55.2. The fourth-order valence-electron chi connectivity index (χ4n) is 4.03. The standard InChI is InChI=1S/C22H26N4O5S2/c27-22(24-23-18-9-7-8-10-18)21-17-25(32(28,29)19-11-3-1-4-12-19)15-16-26(21)33(30,31)20-13-5-2-6-14-20/h1-6,11-14,21H,7-10,15-17H2,(H,24,27)/t21-/m0/s1. The van der Waals surface area contributed by atoms with Gasteiger partial charge in [-0.1, -0.05) is 36.4 Å². The first-order valence-electron chi connectivity index (χ1n) is 10.8. The van der Waals surface area contributed by atoms with Crippen molar-refractivity contribution in [2.45, 2.75) is 41.5 Å². The fourth-order valence-corrected chi connectivity index (χ4v) is 7.08. The molecule has 1 saturated heterocycles. The quantitative estimate of drug-likeness (QED) is 0.620. The Kier molecular flexibility index (Phi) is 6.94. The lowest BCUT2D eigenvalue weighted by molar-refractivity contribution is -0.125. The molecule has 0 radical (unpaired) electrons. The Morgan fingerprint density at radius 2 is 1.36 bits per heavy atom. The Balaban J connectivity index is 1.64. The highest BCUT2D eigenvalue weighted by molar-refractivity contribution is 7.89. The summed E-state index contributed by atoms with van der Waals surface area (Å²) in [4.78, 5) is 13.2. The van der Waals surface area contributed by atoms with Crippen molar-refractivity contribution in [2.75, 3.05) is 19.6 Å². The maximum absolute atomic E-state index is 13.3. The molecule has 1 amide bonds. The average Bonchev–Trinajstić information content (AvgIpc) is 3.37. The molecule has 1 N–H and O–H groups in total. The first kappa shape index (κ1) is 23.6. The minimum absolute atomic E-state index is 0.0456. The van der Waals surface area contributed by atoms with Crippen LogP contribution in [0.4, 0.5) is 0 Å². The van der Waals surface area contributed by atoms with Crippen molar-refractivity contribution in [1.29, 1.82) is 0 Å². The van der Waals surface area contributed by atoms with E-state index in [0.29, 0.717) is 0 Å². The Hall–Kier alpha value is -2.60. The predicted molar refractivity (Wildman–Crippen MR) is 123 cm³/mol. The molecule has 2 aromatic carbocycles. The average molecular weight is 491 g/mol. The predicted octanol–water partition coefficient (Wildman–Crippen LogP) is 1.80. The molecule has 1 aliphatic carbocycles. The largest absolute Gasteiger partial charge is 0.271 e. The van der Waals surface area contributed by atoms with Crippen LogP contribution < -0.4 is 5.43 Å². The lowest BCUT2D eigenvalue weighted by atomic mass is 10.2. The van der Waals surface area contributed by atoms with Crippen LogP contribution >= 0.6 is 0 Å². The number of carbonyl (C=O) groups is 1. The van der Waals surface area contributed by atoms with Gasteiger partial charge in [0.15, 0.2) is 0 Å².